The van der Waals surface area contributed by atoms with Crippen LogP contribution in [0.2, 0.25) is 0 Å². The Kier molecular flexibility index (Phi) is 17.3. The van der Waals surface area contributed by atoms with Crippen LogP contribution in [-0.2, 0) is 20.9 Å². The number of likely N-dealkylation sites (tertiary alicyclic amines) is 1. The van der Waals surface area contributed by atoms with Crippen molar-refractivity contribution < 1.29 is 51.6 Å². The second-order valence-electron chi connectivity index (χ2n) is 22.3. The highest BCUT2D eigenvalue weighted by Crippen LogP contribution is 2.44. The molecule has 4 aliphatic rings. The van der Waals surface area contributed by atoms with Crippen molar-refractivity contribution >= 4 is 39.8 Å². The summed E-state index contributed by atoms with van der Waals surface area (Å²) in [7, 11) is 0. The number of benzene rings is 5. The lowest BCUT2D eigenvalue weighted by Crippen LogP contribution is -2.51. The number of halogens is 4. The number of nitrogens with one attached hydrogen (secondary N) is 2. The molecule has 0 radical (unpaired) electrons. The van der Waals surface area contributed by atoms with E-state index in [0.717, 1.165) is 56.4 Å². The van der Waals surface area contributed by atoms with Crippen molar-refractivity contribution in [3.05, 3.63) is 137 Å². The first kappa shape index (κ1) is 58.1. The van der Waals surface area contributed by atoms with Crippen molar-refractivity contribution in [2.45, 2.75) is 102 Å². The van der Waals surface area contributed by atoms with E-state index in [-0.39, 0.29) is 65.6 Å². The average molecular weight is 1160 g/mol. The number of terminal acetylenes is 1. The third kappa shape index (κ3) is 12.3. The van der Waals surface area contributed by atoms with Crippen LogP contribution in [0.15, 0.2) is 97.3 Å². The molecule has 0 saturated carbocycles. The monoisotopic (exact) mass is 1160 g/mol. The summed E-state index contributed by atoms with van der Waals surface area (Å²) in [5.41, 5.74) is 4.02. The van der Waals surface area contributed by atoms with E-state index in [1.54, 1.807) is 23.0 Å². The van der Waals surface area contributed by atoms with E-state index >= 15 is 4.39 Å². The number of aliphatic hydroxyl groups is 1. The molecule has 0 aliphatic carbocycles. The largest absolute Gasteiger partial charge is 0.508 e. The average Bonchev–Trinajstić information content (AvgIpc) is 2.41. The molecule has 0 spiro atoms. The van der Waals surface area contributed by atoms with Gasteiger partial charge in [-0.3, -0.25) is 14.6 Å². The Balaban J connectivity index is 0.000000302. The van der Waals surface area contributed by atoms with Gasteiger partial charge >= 0.3 is 6.01 Å². The van der Waals surface area contributed by atoms with Gasteiger partial charge in [-0.1, -0.05) is 79.6 Å². The summed E-state index contributed by atoms with van der Waals surface area (Å²) < 4.78 is 76.4. The van der Waals surface area contributed by atoms with Gasteiger partial charge in [0.15, 0.2) is 5.75 Å². The summed E-state index contributed by atoms with van der Waals surface area (Å²) in [6.45, 7) is 9.40. The van der Waals surface area contributed by atoms with Crippen LogP contribution in [0, 0.1) is 41.5 Å². The molecule has 17 nitrogen and oxygen atoms in total. The van der Waals surface area contributed by atoms with E-state index in [1.807, 2.05) is 49.2 Å². The number of ether oxygens (including phenoxy) is 3. The molecular weight excluding hydrogens is 1100 g/mol. The predicted octanol–water partition coefficient (Wildman–Crippen LogP) is 9.77. The maximum absolute atomic E-state index is 15.4. The Morgan fingerprint density at radius 1 is 0.918 bits per heavy atom. The highest BCUT2D eigenvalue weighted by molar-refractivity contribution is 6.05. The number of phenolic OH excluding ortho intramolecular Hbond substituents is 1. The van der Waals surface area contributed by atoms with E-state index in [0.29, 0.717) is 112 Å². The van der Waals surface area contributed by atoms with Crippen LogP contribution >= 0.6 is 0 Å². The lowest BCUT2D eigenvalue weighted by Gasteiger charge is -2.34. The first-order valence-corrected chi connectivity index (χ1v) is 28.6. The number of rotatable bonds is 16. The van der Waals surface area contributed by atoms with Gasteiger partial charge < -0.3 is 44.9 Å². The molecule has 3 aromatic heterocycles. The van der Waals surface area contributed by atoms with Gasteiger partial charge in [0.2, 0.25) is 12.3 Å². The summed E-state index contributed by atoms with van der Waals surface area (Å²) in [6, 6.07) is 20.9. The van der Waals surface area contributed by atoms with Crippen molar-refractivity contribution in [1.82, 2.24) is 45.5 Å². The summed E-state index contributed by atoms with van der Waals surface area (Å²) in [5, 5.41) is 36.9. The fourth-order valence-electron chi connectivity index (χ4n) is 12.0. The molecule has 5 aromatic carbocycles. The fourth-order valence-corrected chi connectivity index (χ4v) is 12.0. The number of hydrogen-bond donors (Lipinski definition) is 4. The van der Waals surface area contributed by atoms with E-state index in [4.69, 9.17) is 40.7 Å². The topological polar surface area (TPSA) is 202 Å². The van der Waals surface area contributed by atoms with E-state index in [2.05, 4.69) is 38.7 Å². The van der Waals surface area contributed by atoms with Crippen LogP contribution in [0.3, 0.4) is 0 Å². The summed E-state index contributed by atoms with van der Waals surface area (Å²) in [6.07, 6.45) is 15.4. The molecule has 21 heteroatoms. The lowest BCUT2D eigenvalue weighted by atomic mass is 9.95. The molecule has 8 aromatic rings. The third-order valence-corrected chi connectivity index (χ3v) is 16.3. The Hall–Kier alpha value is -8.71. The number of nitrogens with zero attached hydrogens (tertiary/aromatic N) is 8. The molecule has 4 N–H and O–H groups in total. The molecule has 2 bridgehead atoms. The number of fused-ring (bicyclic) bond motifs is 4. The zero-order valence-corrected chi connectivity index (χ0v) is 47.2. The van der Waals surface area contributed by atoms with Crippen LogP contribution in [-0.4, -0.2) is 121 Å². The molecule has 4 fully saturated rings. The van der Waals surface area contributed by atoms with Gasteiger partial charge in [0, 0.05) is 85.4 Å². The molecule has 4 aliphatic heterocycles. The van der Waals surface area contributed by atoms with Gasteiger partial charge in [0.25, 0.3) is 0 Å². The van der Waals surface area contributed by atoms with Gasteiger partial charge in [-0.15, -0.1) is 11.5 Å². The number of aromatic hydroxyl groups is 1. The molecule has 5 atom stereocenters. The SMILES string of the molecule is C#Cc1c(F)ccc2cc(O)cc(-c3ncc4c(N5CC6CCC(C5)N6)nc(OC5CCOCC5)nc4c3OCc3ccc(-c4cn(C(C(=O)N5CCCC5C)C(C)C)nn4)cc3)c12.O=CNC(CO)c1ccc(-c2c(F)cc(F)cc2F)cc1. The van der Waals surface area contributed by atoms with Crippen LogP contribution in [0.25, 0.3) is 55.3 Å². The lowest BCUT2D eigenvalue weighted by molar-refractivity contribution is -0.137. The number of amides is 2. The van der Waals surface area contributed by atoms with Gasteiger partial charge in [-0.05, 0) is 78.8 Å². The Labute approximate surface area is 488 Å². The highest BCUT2D eigenvalue weighted by atomic mass is 19.1. The minimum Gasteiger partial charge on any atom is -0.508 e. The van der Waals surface area contributed by atoms with Gasteiger partial charge in [0.05, 0.1) is 48.6 Å². The van der Waals surface area contributed by atoms with Crippen molar-refractivity contribution in [3.8, 4) is 63.5 Å². The molecule has 440 valence electrons. The second kappa shape index (κ2) is 25.2. The Bertz CT molecular complexity index is 3770. The molecule has 2 amide bonds. The van der Waals surface area contributed by atoms with E-state index < -0.39 is 35.4 Å². The Morgan fingerprint density at radius 3 is 2.29 bits per heavy atom. The quantitative estimate of drug-likeness (QED) is 0.0405. The van der Waals surface area contributed by atoms with Crippen molar-refractivity contribution in [3.63, 3.8) is 0 Å². The van der Waals surface area contributed by atoms with Crippen molar-refractivity contribution in [1.29, 1.82) is 0 Å². The number of anilines is 1. The van der Waals surface area contributed by atoms with Crippen LogP contribution in [0.5, 0.6) is 17.5 Å². The molecule has 4 saturated heterocycles. The summed E-state index contributed by atoms with van der Waals surface area (Å²) in [5.74, 6) is 0.0390. The fraction of sp³-hybridized carbons (Fsp3) is 0.359. The maximum Gasteiger partial charge on any atom is 0.319 e. The third-order valence-electron chi connectivity index (χ3n) is 16.3. The number of aliphatic hydroxyl groups excluding tert-OH is 1. The smallest absolute Gasteiger partial charge is 0.319 e. The minimum absolute atomic E-state index is 0.0238. The van der Waals surface area contributed by atoms with E-state index in [9.17, 15) is 27.9 Å². The molecule has 85 heavy (non-hydrogen) atoms. The van der Waals surface area contributed by atoms with Crippen LogP contribution < -0.4 is 25.0 Å². The van der Waals surface area contributed by atoms with Gasteiger partial charge in [0.1, 0.15) is 70.5 Å². The van der Waals surface area contributed by atoms with Gasteiger partial charge in [-0.25, -0.2) is 22.2 Å². The number of carbonyl (C=O) groups is 2. The van der Waals surface area contributed by atoms with E-state index in [1.165, 1.54) is 36.4 Å². The number of pyridine rings is 1. The number of hydrogen-bond acceptors (Lipinski definition) is 14. The highest BCUT2D eigenvalue weighted by Gasteiger charge is 2.36. The van der Waals surface area contributed by atoms with Crippen molar-refractivity contribution in [2.24, 2.45) is 5.92 Å². The summed E-state index contributed by atoms with van der Waals surface area (Å²) >= 11 is 0. The first-order chi connectivity index (χ1) is 41.2. The number of piperazine rings is 1. The molecule has 5 unspecified atom stereocenters. The summed E-state index contributed by atoms with van der Waals surface area (Å²) in [4.78, 5) is 43.5. The first-order valence-electron chi connectivity index (χ1n) is 28.6. The number of aromatic nitrogens is 6. The second-order valence-corrected chi connectivity index (χ2v) is 22.3. The van der Waals surface area contributed by atoms with Crippen LogP contribution in [0.4, 0.5) is 23.4 Å². The number of phenols is 1. The van der Waals surface area contributed by atoms with Crippen LogP contribution in [0.1, 0.15) is 88.1 Å². The van der Waals surface area contributed by atoms with Crippen molar-refractivity contribution in [2.75, 3.05) is 44.4 Å². The number of carbonyl (C=O) groups excluding carboxylic acids is 2. The normalized spacial score (nSPS) is 18.5. The van der Waals surface area contributed by atoms with Gasteiger partial charge in [-0.2, -0.15) is 9.97 Å². The minimum atomic E-state index is -0.995. The molecule has 12 rings (SSSR count). The molecule has 7 heterocycles. The standard InChI is InChI=1S/C49H52FN9O5.C15H12F3NO2/c1-5-37-40(50)15-12-32-21-35(60)22-38(42(32)37)43-46(44-39(23-51-43)47(57-24-33-13-14-34(25-57)52-33)54-49(53-44)64-36-16-19-62-20-17-36)63-27-30-8-10-31(11-9-30)41-26-59(56-55-41)45(28(2)3)48(61)58-18-6-7-29(58)4;16-11-5-12(17)15(13(18)6-11)10-3-1-9(2-4-10)14(7-20)19-8-21/h1,8-12,15,21-23,26,28-29,33-34,36,45,52,60H,6-7,13-14,16-20,24-25,27H2,2-4H3;1-6,8,14,20H,7H2,(H,19,21). The predicted molar refractivity (Wildman–Crippen MR) is 311 cm³/mol. The zero-order chi connectivity index (χ0) is 59.5. The Morgan fingerprint density at radius 2 is 1.64 bits per heavy atom. The maximum atomic E-state index is 15.4. The zero-order valence-electron chi connectivity index (χ0n) is 47.2. The molecular formula is C64H64F4N10O7.